The van der Waals surface area contributed by atoms with Crippen LogP contribution in [0.5, 0.6) is 11.5 Å². The first-order chi connectivity index (χ1) is 15.1. The van der Waals surface area contributed by atoms with Crippen LogP contribution in [0.3, 0.4) is 0 Å². The summed E-state index contributed by atoms with van der Waals surface area (Å²) in [6.45, 7) is 6.74. The molecule has 0 unspecified atom stereocenters. The number of likely N-dealkylation sites (N-methyl/N-ethyl adjacent to an activating group) is 1. The van der Waals surface area contributed by atoms with Gasteiger partial charge in [0.05, 0.1) is 25.5 Å². The molecule has 4 rings (SSSR count). The van der Waals surface area contributed by atoms with Crippen LogP contribution in [0.2, 0.25) is 0 Å². The standard InChI is InChI=1S/C24H27N3O4/c1-4-25-11-13-26(14-12-25)16-20-18-7-5-6-8-19(18)23(28)27(24(20)29)21-15-17(30-2)9-10-22(21)31-3/h5-10,15-16H,4,11-14H2,1-3H3. The summed E-state index contributed by atoms with van der Waals surface area (Å²) in [5.74, 6) is 0.225. The van der Waals surface area contributed by atoms with Crippen molar-refractivity contribution in [2.75, 3.05) is 51.8 Å². The number of carbonyl (C=O) groups is 2. The Balaban J connectivity index is 1.79. The van der Waals surface area contributed by atoms with E-state index in [1.165, 1.54) is 12.0 Å². The Bertz CT molecular complexity index is 1030. The summed E-state index contributed by atoms with van der Waals surface area (Å²) in [7, 11) is 3.06. The van der Waals surface area contributed by atoms with Crippen LogP contribution >= 0.6 is 0 Å². The molecule has 1 fully saturated rings. The third-order valence-corrected chi connectivity index (χ3v) is 5.88. The molecule has 2 amide bonds. The number of benzene rings is 2. The van der Waals surface area contributed by atoms with Crippen molar-refractivity contribution in [3.8, 4) is 11.5 Å². The van der Waals surface area contributed by atoms with E-state index in [0.29, 0.717) is 33.9 Å². The Morgan fingerprint density at radius 3 is 2.26 bits per heavy atom. The molecule has 0 bridgehead atoms. The monoisotopic (exact) mass is 421 g/mol. The summed E-state index contributed by atoms with van der Waals surface area (Å²) in [6, 6.07) is 12.3. The Hall–Kier alpha value is -3.32. The summed E-state index contributed by atoms with van der Waals surface area (Å²) in [6.07, 6.45) is 1.90. The summed E-state index contributed by atoms with van der Waals surface area (Å²) in [4.78, 5) is 32.8. The van der Waals surface area contributed by atoms with Gasteiger partial charge >= 0.3 is 0 Å². The number of nitrogens with zero attached hydrogens (tertiary/aromatic N) is 3. The number of imide groups is 1. The van der Waals surface area contributed by atoms with Gasteiger partial charge in [0.2, 0.25) is 0 Å². The number of piperazine rings is 1. The molecule has 2 aliphatic heterocycles. The lowest BCUT2D eigenvalue weighted by molar-refractivity contribution is -0.112. The van der Waals surface area contributed by atoms with Crippen LogP contribution in [0.1, 0.15) is 22.8 Å². The number of carbonyl (C=O) groups excluding carboxylic acids is 2. The molecule has 0 N–H and O–H groups in total. The van der Waals surface area contributed by atoms with E-state index in [0.717, 1.165) is 32.7 Å². The van der Waals surface area contributed by atoms with E-state index in [1.54, 1.807) is 31.4 Å². The van der Waals surface area contributed by atoms with E-state index in [-0.39, 0.29) is 11.8 Å². The first kappa shape index (κ1) is 20.9. The van der Waals surface area contributed by atoms with Crippen molar-refractivity contribution >= 4 is 23.1 Å². The first-order valence-electron chi connectivity index (χ1n) is 10.5. The Labute approximate surface area is 182 Å². The number of ether oxygens (including phenoxy) is 2. The zero-order valence-electron chi connectivity index (χ0n) is 18.1. The zero-order valence-corrected chi connectivity index (χ0v) is 18.1. The zero-order chi connectivity index (χ0) is 22.0. The van der Waals surface area contributed by atoms with Gasteiger partial charge in [-0.25, -0.2) is 4.90 Å². The predicted molar refractivity (Wildman–Crippen MR) is 119 cm³/mol. The van der Waals surface area contributed by atoms with Crippen LogP contribution in [0.15, 0.2) is 48.7 Å². The largest absolute Gasteiger partial charge is 0.497 e. The fourth-order valence-corrected chi connectivity index (χ4v) is 4.06. The van der Waals surface area contributed by atoms with Gasteiger partial charge in [-0.15, -0.1) is 0 Å². The van der Waals surface area contributed by atoms with E-state index in [4.69, 9.17) is 9.47 Å². The molecule has 2 aliphatic rings. The van der Waals surface area contributed by atoms with Gasteiger partial charge in [-0.2, -0.15) is 0 Å². The van der Waals surface area contributed by atoms with E-state index in [1.807, 2.05) is 24.4 Å². The van der Waals surface area contributed by atoms with E-state index >= 15 is 0 Å². The minimum absolute atomic E-state index is 0.367. The summed E-state index contributed by atoms with van der Waals surface area (Å²) < 4.78 is 10.8. The fourth-order valence-electron chi connectivity index (χ4n) is 4.06. The van der Waals surface area contributed by atoms with Gasteiger partial charge in [0.25, 0.3) is 11.8 Å². The molecule has 2 aromatic rings. The first-order valence-corrected chi connectivity index (χ1v) is 10.5. The minimum Gasteiger partial charge on any atom is -0.497 e. The molecule has 0 aliphatic carbocycles. The average molecular weight is 421 g/mol. The molecule has 2 aromatic carbocycles. The van der Waals surface area contributed by atoms with Gasteiger partial charge in [0.15, 0.2) is 0 Å². The predicted octanol–water partition coefficient (Wildman–Crippen LogP) is 2.87. The fraction of sp³-hybridized carbons (Fsp3) is 0.333. The molecule has 7 nitrogen and oxygen atoms in total. The molecule has 1 saturated heterocycles. The van der Waals surface area contributed by atoms with Crippen LogP contribution in [0, 0.1) is 0 Å². The highest BCUT2D eigenvalue weighted by molar-refractivity contribution is 6.41. The highest BCUT2D eigenvalue weighted by Crippen LogP contribution is 2.38. The van der Waals surface area contributed by atoms with Gasteiger partial charge in [0, 0.05) is 49.6 Å². The van der Waals surface area contributed by atoms with Crippen molar-refractivity contribution in [3.05, 3.63) is 59.8 Å². The molecule has 0 saturated carbocycles. The number of hydrogen-bond donors (Lipinski definition) is 0. The second-order valence-electron chi connectivity index (χ2n) is 7.54. The second-order valence-corrected chi connectivity index (χ2v) is 7.54. The van der Waals surface area contributed by atoms with Crippen molar-refractivity contribution in [3.63, 3.8) is 0 Å². The molecule has 0 spiro atoms. The molecule has 31 heavy (non-hydrogen) atoms. The number of rotatable bonds is 5. The maximum atomic E-state index is 13.7. The molecule has 0 aromatic heterocycles. The molecular weight excluding hydrogens is 394 g/mol. The van der Waals surface area contributed by atoms with Gasteiger partial charge in [-0.3, -0.25) is 9.59 Å². The van der Waals surface area contributed by atoms with Crippen molar-refractivity contribution in [1.82, 2.24) is 9.80 Å². The van der Waals surface area contributed by atoms with Crippen LogP contribution in [-0.2, 0) is 4.79 Å². The Morgan fingerprint density at radius 1 is 0.903 bits per heavy atom. The maximum absolute atomic E-state index is 13.7. The van der Waals surface area contributed by atoms with Crippen LogP contribution in [0.25, 0.3) is 5.57 Å². The number of amides is 2. The van der Waals surface area contributed by atoms with Crippen molar-refractivity contribution < 1.29 is 19.1 Å². The Morgan fingerprint density at radius 2 is 1.61 bits per heavy atom. The number of hydrogen-bond acceptors (Lipinski definition) is 6. The smallest absolute Gasteiger partial charge is 0.267 e. The van der Waals surface area contributed by atoms with Crippen molar-refractivity contribution in [2.24, 2.45) is 0 Å². The highest BCUT2D eigenvalue weighted by Gasteiger charge is 2.38. The lowest BCUT2D eigenvalue weighted by atomic mass is 9.93. The van der Waals surface area contributed by atoms with E-state index in [2.05, 4.69) is 16.7 Å². The lowest BCUT2D eigenvalue weighted by Crippen LogP contribution is -2.45. The summed E-state index contributed by atoms with van der Waals surface area (Å²) in [5.41, 5.74) is 2.03. The quantitative estimate of drug-likeness (QED) is 0.547. The number of anilines is 1. The molecule has 0 radical (unpaired) electrons. The molecular formula is C24H27N3O4. The van der Waals surface area contributed by atoms with Crippen molar-refractivity contribution in [2.45, 2.75) is 6.92 Å². The molecule has 2 heterocycles. The highest BCUT2D eigenvalue weighted by atomic mass is 16.5. The van der Waals surface area contributed by atoms with Gasteiger partial charge in [-0.1, -0.05) is 25.1 Å². The normalized spacial score (nSPS) is 18.4. The van der Waals surface area contributed by atoms with E-state index < -0.39 is 0 Å². The second kappa shape index (κ2) is 8.81. The lowest BCUT2D eigenvalue weighted by Gasteiger charge is -2.35. The topological polar surface area (TPSA) is 62.3 Å². The van der Waals surface area contributed by atoms with E-state index in [9.17, 15) is 9.59 Å². The van der Waals surface area contributed by atoms with Gasteiger partial charge in [-0.05, 0) is 24.7 Å². The summed E-state index contributed by atoms with van der Waals surface area (Å²) in [5, 5.41) is 0. The minimum atomic E-state index is -0.375. The Kier molecular flexibility index (Phi) is 5.95. The maximum Gasteiger partial charge on any atom is 0.267 e. The SMILES string of the molecule is CCN1CCN(C=C2C(=O)N(c3cc(OC)ccc3OC)C(=O)c3ccccc32)CC1. The third kappa shape index (κ3) is 3.88. The van der Waals surface area contributed by atoms with Gasteiger partial charge in [0.1, 0.15) is 11.5 Å². The molecule has 162 valence electrons. The molecule has 7 heteroatoms. The van der Waals surface area contributed by atoms with Crippen LogP contribution in [0.4, 0.5) is 5.69 Å². The average Bonchev–Trinajstić information content (AvgIpc) is 2.82. The van der Waals surface area contributed by atoms with Crippen LogP contribution < -0.4 is 14.4 Å². The van der Waals surface area contributed by atoms with Gasteiger partial charge < -0.3 is 19.3 Å². The van der Waals surface area contributed by atoms with Crippen molar-refractivity contribution in [1.29, 1.82) is 0 Å². The number of fused-ring (bicyclic) bond motifs is 1. The molecule has 0 atom stereocenters. The summed E-state index contributed by atoms with van der Waals surface area (Å²) >= 11 is 0. The van der Waals surface area contributed by atoms with Crippen LogP contribution in [-0.4, -0.2) is 68.6 Å². The third-order valence-electron chi connectivity index (χ3n) is 5.88. The number of methoxy groups -OCH3 is 2.